The van der Waals surface area contributed by atoms with E-state index in [1.165, 1.54) is 0 Å². The molecule has 7 nitrogen and oxygen atoms in total. The lowest BCUT2D eigenvalue weighted by Gasteiger charge is -2.27. The summed E-state index contributed by atoms with van der Waals surface area (Å²) in [6, 6.07) is -0.0663. The molecular weight excluding hydrogens is 272 g/mol. The van der Waals surface area contributed by atoms with Gasteiger partial charge in [-0.2, -0.15) is 4.98 Å². The number of likely N-dealkylation sites (tertiary alicyclic amines) is 1. The van der Waals surface area contributed by atoms with Gasteiger partial charge in [0, 0.05) is 6.54 Å². The van der Waals surface area contributed by atoms with Crippen molar-refractivity contribution in [1.29, 1.82) is 0 Å². The lowest BCUT2D eigenvalue weighted by atomic mass is 10.1. The Morgan fingerprint density at radius 2 is 2.24 bits per heavy atom. The molecule has 0 bridgehead atoms. The molecule has 116 valence electrons. The molecule has 1 aromatic rings. The van der Waals surface area contributed by atoms with Gasteiger partial charge in [-0.25, -0.2) is 0 Å². The molecule has 1 amide bonds. The van der Waals surface area contributed by atoms with E-state index in [9.17, 15) is 9.90 Å². The summed E-state index contributed by atoms with van der Waals surface area (Å²) in [6.45, 7) is 1.57. The number of aliphatic hydroxyl groups is 1. The molecule has 1 aromatic heterocycles. The topological polar surface area (TPSA) is 91.5 Å². The van der Waals surface area contributed by atoms with Crippen molar-refractivity contribution in [3.8, 4) is 0 Å². The zero-order valence-corrected chi connectivity index (χ0v) is 12.1. The van der Waals surface area contributed by atoms with Crippen LogP contribution in [0, 0.1) is 0 Å². The lowest BCUT2D eigenvalue weighted by molar-refractivity contribution is 0.0584. The second kappa shape index (κ2) is 6.53. The van der Waals surface area contributed by atoms with Crippen molar-refractivity contribution in [2.24, 2.45) is 0 Å². The van der Waals surface area contributed by atoms with Crippen LogP contribution in [0.4, 0.5) is 0 Å². The highest BCUT2D eigenvalue weighted by molar-refractivity contribution is 5.90. The summed E-state index contributed by atoms with van der Waals surface area (Å²) in [6.07, 6.45) is 5.95. The first kappa shape index (κ1) is 14.5. The highest BCUT2D eigenvalue weighted by Crippen LogP contribution is 2.22. The molecule has 2 saturated heterocycles. The number of carbonyl (C=O) groups excluding carboxylic acids is 1. The first-order valence-electron chi connectivity index (χ1n) is 7.78. The van der Waals surface area contributed by atoms with Gasteiger partial charge in [-0.1, -0.05) is 18.0 Å². The van der Waals surface area contributed by atoms with E-state index in [2.05, 4.69) is 15.5 Å². The van der Waals surface area contributed by atoms with E-state index in [0.717, 1.165) is 45.1 Å². The van der Waals surface area contributed by atoms with Crippen LogP contribution in [-0.2, 0) is 0 Å². The van der Waals surface area contributed by atoms with Crippen molar-refractivity contribution in [2.75, 3.05) is 19.7 Å². The van der Waals surface area contributed by atoms with Crippen LogP contribution in [0.1, 0.15) is 61.1 Å². The Morgan fingerprint density at radius 3 is 3.00 bits per heavy atom. The fourth-order valence-electron chi connectivity index (χ4n) is 3.12. The van der Waals surface area contributed by atoms with Crippen LogP contribution in [0.25, 0.3) is 0 Å². The van der Waals surface area contributed by atoms with Gasteiger partial charge in [0.15, 0.2) is 0 Å². The molecular formula is C14H22N4O3. The first-order chi connectivity index (χ1) is 10.3. The van der Waals surface area contributed by atoms with E-state index < -0.39 is 0 Å². The van der Waals surface area contributed by atoms with Crippen molar-refractivity contribution >= 4 is 5.91 Å². The number of nitrogens with zero attached hydrogens (tertiary/aromatic N) is 3. The van der Waals surface area contributed by atoms with Crippen LogP contribution in [0.5, 0.6) is 0 Å². The standard InChI is InChI=1S/C14H22N4O3/c19-9-10-5-2-1-3-8-18(10)14(20)12-16-13(21-17-12)11-6-4-7-15-11/h10-11,15,19H,1-9H2. The lowest BCUT2D eigenvalue weighted by Crippen LogP contribution is -2.42. The highest BCUT2D eigenvalue weighted by atomic mass is 16.5. The van der Waals surface area contributed by atoms with Crippen molar-refractivity contribution in [3.05, 3.63) is 11.7 Å². The van der Waals surface area contributed by atoms with Gasteiger partial charge in [-0.15, -0.1) is 0 Å². The number of aromatic nitrogens is 2. The molecule has 3 rings (SSSR count). The number of hydrogen-bond acceptors (Lipinski definition) is 6. The molecule has 2 N–H and O–H groups in total. The summed E-state index contributed by atoms with van der Waals surface area (Å²) in [4.78, 5) is 18.5. The minimum absolute atomic E-state index is 0.0133. The Balaban J connectivity index is 1.73. The maximum atomic E-state index is 12.6. The molecule has 0 aliphatic carbocycles. The average Bonchev–Trinajstić information content (AvgIpc) is 3.13. The molecule has 3 heterocycles. The highest BCUT2D eigenvalue weighted by Gasteiger charge is 2.30. The number of carbonyl (C=O) groups is 1. The van der Waals surface area contributed by atoms with Gasteiger partial charge in [-0.3, -0.25) is 4.79 Å². The molecule has 0 spiro atoms. The molecule has 2 aliphatic heterocycles. The third-order valence-electron chi connectivity index (χ3n) is 4.34. The molecule has 21 heavy (non-hydrogen) atoms. The zero-order valence-electron chi connectivity index (χ0n) is 12.1. The summed E-state index contributed by atoms with van der Waals surface area (Å²) in [5.41, 5.74) is 0. The van der Waals surface area contributed by atoms with Gasteiger partial charge in [0.2, 0.25) is 5.89 Å². The predicted molar refractivity (Wildman–Crippen MR) is 74.7 cm³/mol. The van der Waals surface area contributed by atoms with Crippen LogP contribution >= 0.6 is 0 Å². The summed E-state index contributed by atoms with van der Waals surface area (Å²) in [7, 11) is 0. The predicted octanol–water partition coefficient (Wildman–Crippen LogP) is 0.871. The van der Waals surface area contributed by atoms with Gasteiger partial charge in [-0.05, 0) is 32.2 Å². The van der Waals surface area contributed by atoms with E-state index in [1.807, 2.05) is 0 Å². The van der Waals surface area contributed by atoms with Crippen molar-refractivity contribution < 1.29 is 14.4 Å². The number of nitrogens with one attached hydrogen (secondary N) is 1. The van der Waals surface area contributed by atoms with Crippen LogP contribution in [-0.4, -0.2) is 51.8 Å². The number of hydrogen-bond donors (Lipinski definition) is 2. The zero-order chi connectivity index (χ0) is 14.7. The monoisotopic (exact) mass is 294 g/mol. The maximum absolute atomic E-state index is 12.6. The Labute approximate surface area is 123 Å². The minimum atomic E-state index is -0.232. The Kier molecular flexibility index (Phi) is 4.50. The van der Waals surface area contributed by atoms with Gasteiger partial charge < -0.3 is 19.8 Å². The number of aliphatic hydroxyl groups excluding tert-OH is 1. The third-order valence-corrected chi connectivity index (χ3v) is 4.34. The first-order valence-corrected chi connectivity index (χ1v) is 7.78. The molecule has 0 aromatic carbocycles. The Bertz CT molecular complexity index is 484. The third kappa shape index (κ3) is 3.08. The van der Waals surface area contributed by atoms with Crippen LogP contribution in [0.2, 0.25) is 0 Å². The normalized spacial score (nSPS) is 26.8. The Morgan fingerprint density at radius 1 is 1.33 bits per heavy atom. The second-order valence-corrected chi connectivity index (χ2v) is 5.79. The van der Waals surface area contributed by atoms with Gasteiger partial charge >= 0.3 is 0 Å². The molecule has 0 saturated carbocycles. The van der Waals surface area contributed by atoms with Crippen LogP contribution < -0.4 is 5.32 Å². The fraction of sp³-hybridized carbons (Fsp3) is 0.786. The molecule has 0 radical (unpaired) electrons. The van der Waals surface area contributed by atoms with E-state index in [-0.39, 0.29) is 30.4 Å². The average molecular weight is 294 g/mol. The van der Waals surface area contributed by atoms with Gasteiger partial charge in [0.05, 0.1) is 18.7 Å². The van der Waals surface area contributed by atoms with Crippen molar-refractivity contribution in [2.45, 2.75) is 50.6 Å². The van der Waals surface area contributed by atoms with Crippen molar-refractivity contribution in [3.63, 3.8) is 0 Å². The molecule has 2 aliphatic rings. The minimum Gasteiger partial charge on any atom is -0.394 e. The molecule has 2 fully saturated rings. The SMILES string of the molecule is O=C(c1noc(C2CCCN2)n1)N1CCCCCC1CO. The number of rotatable bonds is 3. The van der Waals surface area contributed by atoms with E-state index in [4.69, 9.17) is 4.52 Å². The molecule has 7 heteroatoms. The largest absolute Gasteiger partial charge is 0.394 e. The van der Waals surface area contributed by atoms with Crippen LogP contribution in [0.3, 0.4) is 0 Å². The quantitative estimate of drug-likeness (QED) is 0.859. The molecule has 2 atom stereocenters. The summed E-state index contributed by atoms with van der Waals surface area (Å²) in [5.74, 6) is 0.370. The maximum Gasteiger partial charge on any atom is 0.295 e. The fourth-order valence-corrected chi connectivity index (χ4v) is 3.12. The van der Waals surface area contributed by atoms with E-state index >= 15 is 0 Å². The van der Waals surface area contributed by atoms with Gasteiger partial charge in [0.25, 0.3) is 11.7 Å². The number of amides is 1. The van der Waals surface area contributed by atoms with E-state index in [1.54, 1.807) is 4.90 Å². The van der Waals surface area contributed by atoms with Gasteiger partial charge in [0.1, 0.15) is 0 Å². The Hall–Kier alpha value is -1.47. The van der Waals surface area contributed by atoms with E-state index in [0.29, 0.717) is 12.4 Å². The summed E-state index contributed by atoms with van der Waals surface area (Å²) < 4.78 is 5.23. The smallest absolute Gasteiger partial charge is 0.295 e. The second-order valence-electron chi connectivity index (χ2n) is 5.79. The summed E-state index contributed by atoms with van der Waals surface area (Å²) in [5, 5.41) is 16.6. The molecule has 2 unspecified atom stereocenters. The summed E-state index contributed by atoms with van der Waals surface area (Å²) >= 11 is 0. The van der Waals surface area contributed by atoms with Crippen LogP contribution in [0.15, 0.2) is 4.52 Å². The van der Waals surface area contributed by atoms with Crippen molar-refractivity contribution in [1.82, 2.24) is 20.4 Å².